The molecule has 0 unspecified atom stereocenters. The van der Waals surface area contributed by atoms with Gasteiger partial charge in [0.2, 0.25) is 0 Å². The Bertz CT molecular complexity index is 536. The minimum atomic E-state index is 0. The van der Waals surface area contributed by atoms with Crippen molar-refractivity contribution in [2.75, 3.05) is 20.6 Å². The number of aryl methyl sites for hydroxylation is 1. The van der Waals surface area contributed by atoms with Gasteiger partial charge in [0.05, 0.1) is 6.54 Å². The molecule has 2 rings (SSSR count). The molecule has 1 aromatic heterocycles. The minimum Gasteiger partial charge on any atom is -0.356 e. The van der Waals surface area contributed by atoms with Crippen LogP contribution in [0.25, 0.3) is 0 Å². The second-order valence-electron chi connectivity index (χ2n) is 5.60. The molecule has 6 heteroatoms. The van der Waals surface area contributed by atoms with E-state index < -0.39 is 0 Å². The van der Waals surface area contributed by atoms with Gasteiger partial charge in [-0.25, -0.2) is 0 Å². The van der Waals surface area contributed by atoms with Crippen LogP contribution in [0.4, 0.5) is 0 Å². The summed E-state index contributed by atoms with van der Waals surface area (Å²) >= 11 is 3.52. The van der Waals surface area contributed by atoms with Crippen LogP contribution in [-0.4, -0.2) is 36.1 Å². The van der Waals surface area contributed by atoms with Gasteiger partial charge in [0, 0.05) is 44.1 Å². The Balaban J connectivity index is 0.00000242. The molecule has 0 amide bonds. The molecule has 0 saturated carbocycles. The fraction of sp³-hybridized carbons (Fsp3) is 0.562. The van der Waals surface area contributed by atoms with E-state index in [0.717, 1.165) is 29.9 Å². The van der Waals surface area contributed by atoms with Crippen LogP contribution in [0.15, 0.2) is 33.4 Å². The molecule has 1 aromatic rings. The van der Waals surface area contributed by atoms with Gasteiger partial charge < -0.3 is 14.8 Å². The van der Waals surface area contributed by atoms with Gasteiger partial charge in [-0.2, -0.15) is 0 Å². The second-order valence-corrected chi connectivity index (χ2v) is 6.51. The summed E-state index contributed by atoms with van der Waals surface area (Å²) in [5.74, 6) is 0.950. The van der Waals surface area contributed by atoms with E-state index in [4.69, 9.17) is 0 Å². The quantitative estimate of drug-likeness (QED) is 0.300. The molecule has 1 aliphatic carbocycles. The fourth-order valence-electron chi connectivity index (χ4n) is 2.73. The van der Waals surface area contributed by atoms with E-state index in [9.17, 15) is 0 Å². The summed E-state index contributed by atoms with van der Waals surface area (Å²) < 4.78 is 3.25. The van der Waals surface area contributed by atoms with Crippen molar-refractivity contribution in [1.82, 2.24) is 14.8 Å². The van der Waals surface area contributed by atoms with Crippen LogP contribution in [-0.2, 0) is 13.6 Å². The molecule has 0 radical (unpaired) electrons. The number of rotatable bonds is 5. The van der Waals surface area contributed by atoms with E-state index in [0.29, 0.717) is 0 Å². The number of nitrogens with zero attached hydrogens (tertiary/aromatic N) is 3. The monoisotopic (exact) mass is 480 g/mol. The highest BCUT2D eigenvalue weighted by Crippen LogP contribution is 2.19. The Kier molecular flexibility index (Phi) is 8.53. The molecule has 0 bridgehead atoms. The maximum absolute atomic E-state index is 4.38. The fourth-order valence-corrected chi connectivity index (χ4v) is 3.30. The Labute approximate surface area is 159 Å². The standard InChI is InChI=1S/C16H25BrN4.HI/c1-18-16(19-9-8-13-6-4-5-7-13)21(3)12-15-10-14(17)11-20(15)2;/h6,10-11H,4-5,7-9,12H2,1-3H3,(H,18,19);1H. The SMILES string of the molecule is CN=C(NCCC1=CCCC1)N(C)Cc1cc(Br)cn1C.I. The molecule has 0 saturated heterocycles. The van der Waals surface area contributed by atoms with Crippen molar-refractivity contribution in [3.8, 4) is 0 Å². The van der Waals surface area contributed by atoms with E-state index in [1.807, 2.05) is 7.05 Å². The van der Waals surface area contributed by atoms with Gasteiger partial charge in [0.1, 0.15) is 0 Å². The highest BCUT2D eigenvalue weighted by Gasteiger charge is 2.10. The molecule has 1 aliphatic rings. The third-order valence-corrected chi connectivity index (χ3v) is 4.34. The highest BCUT2D eigenvalue weighted by atomic mass is 127. The Morgan fingerprint density at radius 2 is 2.27 bits per heavy atom. The van der Waals surface area contributed by atoms with Gasteiger partial charge >= 0.3 is 0 Å². The lowest BCUT2D eigenvalue weighted by Crippen LogP contribution is -2.39. The average molecular weight is 481 g/mol. The second kappa shape index (κ2) is 9.60. The van der Waals surface area contributed by atoms with E-state index in [-0.39, 0.29) is 24.0 Å². The van der Waals surface area contributed by atoms with Crippen LogP contribution < -0.4 is 5.32 Å². The third-order valence-electron chi connectivity index (χ3n) is 3.91. The smallest absolute Gasteiger partial charge is 0.193 e. The number of halogens is 2. The molecule has 0 aliphatic heterocycles. The predicted octanol–water partition coefficient (Wildman–Crippen LogP) is 3.91. The van der Waals surface area contributed by atoms with E-state index >= 15 is 0 Å². The van der Waals surface area contributed by atoms with Crippen LogP contribution in [0.2, 0.25) is 0 Å². The zero-order valence-corrected chi connectivity index (χ0v) is 17.5. The summed E-state index contributed by atoms with van der Waals surface area (Å²) in [5, 5.41) is 3.46. The number of allylic oxidation sites excluding steroid dienone is 1. The maximum Gasteiger partial charge on any atom is 0.193 e. The molecule has 1 N–H and O–H groups in total. The van der Waals surface area contributed by atoms with Crippen LogP contribution in [0.3, 0.4) is 0 Å². The minimum absolute atomic E-state index is 0. The predicted molar refractivity (Wildman–Crippen MR) is 108 cm³/mol. The van der Waals surface area contributed by atoms with Crippen LogP contribution in [0.1, 0.15) is 31.4 Å². The van der Waals surface area contributed by atoms with Crippen molar-refractivity contribution in [3.05, 3.63) is 34.1 Å². The Morgan fingerprint density at radius 3 is 2.82 bits per heavy atom. The molecule has 0 spiro atoms. The van der Waals surface area contributed by atoms with Crippen molar-refractivity contribution in [3.63, 3.8) is 0 Å². The molecule has 1 heterocycles. The zero-order chi connectivity index (χ0) is 15.2. The van der Waals surface area contributed by atoms with Gasteiger partial charge in [-0.1, -0.05) is 11.6 Å². The van der Waals surface area contributed by atoms with Gasteiger partial charge in [0.15, 0.2) is 5.96 Å². The molecular weight excluding hydrogens is 455 g/mol. The number of aromatic nitrogens is 1. The van der Waals surface area contributed by atoms with Crippen LogP contribution in [0.5, 0.6) is 0 Å². The summed E-state index contributed by atoms with van der Waals surface area (Å²) in [5.41, 5.74) is 2.85. The van der Waals surface area contributed by atoms with Crippen LogP contribution >= 0.6 is 39.9 Å². The third kappa shape index (κ3) is 5.61. The van der Waals surface area contributed by atoms with Crippen molar-refractivity contribution >= 4 is 45.9 Å². The molecule has 0 fully saturated rings. The Morgan fingerprint density at radius 1 is 1.50 bits per heavy atom. The maximum atomic E-state index is 4.38. The zero-order valence-electron chi connectivity index (χ0n) is 13.6. The first kappa shape index (κ1) is 19.5. The number of hydrogen-bond acceptors (Lipinski definition) is 1. The lowest BCUT2D eigenvalue weighted by Gasteiger charge is -2.22. The van der Waals surface area contributed by atoms with Crippen molar-refractivity contribution in [2.24, 2.45) is 12.0 Å². The van der Waals surface area contributed by atoms with Gasteiger partial charge in [-0.3, -0.25) is 4.99 Å². The summed E-state index contributed by atoms with van der Waals surface area (Å²) in [6.45, 7) is 1.80. The molecule has 124 valence electrons. The number of hydrogen-bond donors (Lipinski definition) is 1. The lowest BCUT2D eigenvalue weighted by atomic mass is 10.2. The molecule has 4 nitrogen and oxygen atoms in total. The van der Waals surface area contributed by atoms with Gasteiger partial charge in [0.25, 0.3) is 0 Å². The van der Waals surface area contributed by atoms with Crippen molar-refractivity contribution < 1.29 is 0 Å². The molecule has 0 atom stereocenters. The number of guanidine groups is 1. The number of nitrogens with one attached hydrogen (secondary N) is 1. The number of aliphatic imine (C=N–C) groups is 1. The largest absolute Gasteiger partial charge is 0.356 e. The van der Waals surface area contributed by atoms with E-state index in [1.165, 1.54) is 25.0 Å². The molecule has 22 heavy (non-hydrogen) atoms. The van der Waals surface area contributed by atoms with E-state index in [2.05, 4.69) is 68.1 Å². The van der Waals surface area contributed by atoms with Crippen LogP contribution in [0, 0.1) is 0 Å². The van der Waals surface area contributed by atoms with E-state index in [1.54, 1.807) is 5.57 Å². The first-order valence-corrected chi connectivity index (χ1v) is 8.30. The van der Waals surface area contributed by atoms with Gasteiger partial charge in [-0.15, -0.1) is 24.0 Å². The van der Waals surface area contributed by atoms with Crippen molar-refractivity contribution in [1.29, 1.82) is 0 Å². The Hall–Kier alpha value is -0.500. The molecule has 0 aromatic carbocycles. The first-order valence-electron chi connectivity index (χ1n) is 7.50. The van der Waals surface area contributed by atoms with Crippen molar-refractivity contribution in [2.45, 2.75) is 32.2 Å². The summed E-state index contributed by atoms with van der Waals surface area (Å²) in [7, 11) is 5.98. The highest BCUT2D eigenvalue weighted by molar-refractivity contribution is 14.0. The summed E-state index contributed by atoms with van der Waals surface area (Å²) in [6, 6.07) is 2.15. The topological polar surface area (TPSA) is 32.6 Å². The normalized spacial score (nSPS) is 14.5. The summed E-state index contributed by atoms with van der Waals surface area (Å²) in [4.78, 5) is 6.53. The first-order chi connectivity index (χ1) is 10.1. The molecular formula is C16H26BrIN4. The summed E-state index contributed by atoms with van der Waals surface area (Å²) in [6.07, 6.45) is 9.44. The average Bonchev–Trinajstić information content (AvgIpc) is 3.05. The van der Waals surface area contributed by atoms with Gasteiger partial charge in [-0.05, 0) is 47.7 Å². The lowest BCUT2D eigenvalue weighted by molar-refractivity contribution is 0.462.